The Morgan fingerprint density at radius 1 is 1.19 bits per heavy atom. The van der Waals surface area contributed by atoms with Crippen molar-refractivity contribution in [2.75, 3.05) is 26.1 Å². The van der Waals surface area contributed by atoms with Gasteiger partial charge in [0.05, 0.1) is 18.2 Å². The van der Waals surface area contributed by atoms with E-state index < -0.39 is 21.5 Å². The van der Waals surface area contributed by atoms with Crippen molar-refractivity contribution in [2.45, 2.75) is 20.3 Å². The van der Waals surface area contributed by atoms with Crippen LogP contribution in [0.2, 0.25) is 0 Å². The van der Waals surface area contributed by atoms with Crippen molar-refractivity contribution >= 4 is 27.0 Å². The Morgan fingerprint density at radius 3 is 2.54 bits per heavy atom. The highest BCUT2D eigenvalue weighted by Crippen LogP contribution is 2.24. The van der Waals surface area contributed by atoms with E-state index in [2.05, 4.69) is 9.17 Å². The van der Waals surface area contributed by atoms with Crippen molar-refractivity contribution in [2.24, 2.45) is 0 Å². The summed E-state index contributed by atoms with van der Waals surface area (Å²) in [4.78, 5) is 27.4. The molecule has 0 saturated carbocycles. The number of aromatic nitrogens is 1. The summed E-state index contributed by atoms with van der Waals surface area (Å²) in [7, 11) is -3.54. The zero-order valence-corrected chi connectivity index (χ0v) is 15.6. The molecule has 0 aliphatic rings. The van der Waals surface area contributed by atoms with Gasteiger partial charge in [0.1, 0.15) is 24.5 Å². The normalized spacial score (nSPS) is 11.5. The number of aromatic amines is 1. The summed E-state index contributed by atoms with van der Waals surface area (Å²) in [5.74, 6) is -0.261. The minimum absolute atomic E-state index is 0.00104. The molecule has 0 bridgehead atoms. The number of hydrogen-bond donors (Lipinski definition) is 1. The molecule has 1 aromatic carbocycles. The summed E-state index contributed by atoms with van der Waals surface area (Å²) < 4.78 is 37.0. The first kappa shape index (κ1) is 19.9. The SMILES string of the molecule is CCOC(=O)c1c[nH]c2cc(CC)c(OCCOS(C)(=O)=O)cc2c1=O. The van der Waals surface area contributed by atoms with E-state index in [0.717, 1.165) is 11.8 Å². The Bertz CT molecular complexity index is 963. The molecule has 1 N–H and O–H groups in total. The van der Waals surface area contributed by atoms with Gasteiger partial charge >= 0.3 is 5.97 Å². The highest BCUT2D eigenvalue weighted by atomic mass is 32.2. The van der Waals surface area contributed by atoms with E-state index >= 15 is 0 Å². The fraction of sp³-hybridized carbons (Fsp3) is 0.412. The molecule has 0 aliphatic heterocycles. The molecule has 2 aromatic rings. The van der Waals surface area contributed by atoms with Crippen LogP contribution in [-0.4, -0.2) is 45.4 Å². The maximum absolute atomic E-state index is 12.6. The Hall–Kier alpha value is -2.39. The second-order valence-electron chi connectivity index (χ2n) is 5.49. The van der Waals surface area contributed by atoms with Gasteiger partial charge in [0.25, 0.3) is 10.1 Å². The Balaban J connectivity index is 2.35. The average molecular weight is 383 g/mol. The van der Waals surface area contributed by atoms with Crippen LogP contribution >= 0.6 is 0 Å². The molecule has 0 radical (unpaired) electrons. The number of nitrogens with one attached hydrogen (secondary N) is 1. The second-order valence-corrected chi connectivity index (χ2v) is 7.13. The van der Waals surface area contributed by atoms with E-state index in [1.165, 1.54) is 12.3 Å². The molecule has 0 fully saturated rings. The van der Waals surface area contributed by atoms with Crippen molar-refractivity contribution in [1.82, 2.24) is 4.98 Å². The van der Waals surface area contributed by atoms with Gasteiger partial charge in [-0.1, -0.05) is 6.92 Å². The lowest BCUT2D eigenvalue weighted by Gasteiger charge is -2.12. The number of carbonyl (C=O) groups is 1. The highest BCUT2D eigenvalue weighted by Gasteiger charge is 2.16. The number of carbonyl (C=O) groups excluding carboxylic acids is 1. The fourth-order valence-corrected chi connectivity index (χ4v) is 2.77. The van der Waals surface area contributed by atoms with Crippen LogP contribution in [0.5, 0.6) is 5.75 Å². The molecule has 0 aliphatic carbocycles. The number of H-pyrrole nitrogens is 1. The number of ether oxygens (including phenoxy) is 2. The van der Waals surface area contributed by atoms with E-state index in [0.29, 0.717) is 17.7 Å². The number of fused-ring (bicyclic) bond motifs is 1. The molecule has 9 heteroatoms. The van der Waals surface area contributed by atoms with Crippen LogP contribution in [-0.2, 0) is 25.5 Å². The van der Waals surface area contributed by atoms with Gasteiger partial charge in [0.15, 0.2) is 0 Å². The van der Waals surface area contributed by atoms with Crippen LogP contribution in [0.3, 0.4) is 0 Å². The van der Waals surface area contributed by atoms with Gasteiger partial charge in [-0.25, -0.2) is 4.79 Å². The first-order valence-electron chi connectivity index (χ1n) is 8.09. The van der Waals surface area contributed by atoms with Gasteiger partial charge in [-0.15, -0.1) is 0 Å². The zero-order chi connectivity index (χ0) is 19.3. The molecule has 0 spiro atoms. The monoisotopic (exact) mass is 383 g/mol. The minimum Gasteiger partial charge on any atom is -0.491 e. The summed E-state index contributed by atoms with van der Waals surface area (Å²) in [5, 5.41) is 0.284. The number of rotatable bonds is 8. The molecule has 142 valence electrons. The maximum Gasteiger partial charge on any atom is 0.343 e. The van der Waals surface area contributed by atoms with Crippen molar-refractivity contribution in [3.05, 3.63) is 39.7 Å². The topological polar surface area (TPSA) is 112 Å². The van der Waals surface area contributed by atoms with E-state index in [4.69, 9.17) is 9.47 Å². The smallest absolute Gasteiger partial charge is 0.343 e. The molecule has 0 atom stereocenters. The van der Waals surface area contributed by atoms with Crippen LogP contribution in [0.1, 0.15) is 29.8 Å². The van der Waals surface area contributed by atoms with Gasteiger partial charge in [-0.3, -0.25) is 8.98 Å². The van der Waals surface area contributed by atoms with E-state index in [1.54, 1.807) is 13.0 Å². The van der Waals surface area contributed by atoms with Gasteiger partial charge < -0.3 is 14.5 Å². The molecule has 0 unspecified atom stereocenters. The first-order valence-corrected chi connectivity index (χ1v) is 9.91. The summed E-state index contributed by atoms with van der Waals surface area (Å²) >= 11 is 0. The van der Waals surface area contributed by atoms with Gasteiger partial charge in [-0.2, -0.15) is 8.42 Å². The predicted octanol–water partition coefficient (Wildman–Crippen LogP) is 1.62. The third-order valence-electron chi connectivity index (χ3n) is 3.58. The van der Waals surface area contributed by atoms with E-state index in [-0.39, 0.29) is 30.8 Å². The molecule has 8 nitrogen and oxygen atoms in total. The number of hydrogen-bond acceptors (Lipinski definition) is 7. The maximum atomic E-state index is 12.6. The standard InChI is InChI=1S/C17H21NO7S/c1-4-11-8-14-12(9-15(11)24-6-7-25-26(3,21)22)16(19)13(10-18-14)17(20)23-5-2/h8-10H,4-7H2,1-3H3,(H,18,19). The van der Waals surface area contributed by atoms with Crippen molar-refractivity contribution < 1.29 is 26.9 Å². The van der Waals surface area contributed by atoms with Crippen molar-refractivity contribution in [1.29, 1.82) is 0 Å². The summed E-state index contributed by atoms with van der Waals surface area (Å²) in [6.45, 7) is 3.61. The molecule has 1 heterocycles. The second kappa shape index (κ2) is 8.33. The quantitative estimate of drug-likeness (QED) is 0.419. The van der Waals surface area contributed by atoms with Crippen LogP contribution in [0, 0.1) is 0 Å². The molecule has 2 rings (SSSR count). The lowest BCUT2D eigenvalue weighted by Crippen LogP contribution is -2.18. The molecule has 0 amide bonds. The minimum atomic E-state index is -3.54. The van der Waals surface area contributed by atoms with E-state index in [1.807, 2.05) is 6.92 Å². The summed E-state index contributed by atoms with van der Waals surface area (Å²) in [5.41, 5.74) is 0.850. The fourth-order valence-electron chi connectivity index (χ4n) is 2.40. The van der Waals surface area contributed by atoms with Gasteiger partial charge in [-0.05, 0) is 31.0 Å². The van der Waals surface area contributed by atoms with E-state index in [9.17, 15) is 18.0 Å². The van der Waals surface area contributed by atoms with Crippen LogP contribution in [0.25, 0.3) is 10.9 Å². The highest BCUT2D eigenvalue weighted by molar-refractivity contribution is 7.85. The summed E-state index contributed by atoms with van der Waals surface area (Å²) in [6, 6.07) is 3.30. The Labute approximate surface area is 151 Å². The number of aryl methyl sites for hydroxylation is 1. The Morgan fingerprint density at radius 2 is 1.92 bits per heavy atom. The lowest BCUT2D eigenvalue weighted by molar-refractivity contribution is 0.0524. The van der Waals surface area contributed by atoms with Gasteiger partial charge in [0.2, 0.25) is 5.43 Å². The van der Waals surface area contributed by atoms with Crippen LogP contribution in [0.15, 0.2) is 23.1 Å². The molecule has 0 saturated heterocycles. The zero-order valence-electron chi connectivity index (χ0n) is 14.8. The summed E-state index contributed by atoms with van der Waals surface area (Å²) in [6.07, 6.45) is 2.93. The predicted molar refractivity (Wildman–Crippen MR) is 96.2 cm³/mol. The molecule has 1 aromatic heterocycles. The number of pyridine rings is 1. The van der Waals surface area contributed by atoms with Gasteiger partial charge in [0, 0.05) is 11.7 Å². The first-order chi connectivity index (χ1) is 12.3. The molecular formula is C17H21NO7S. The molecular weight excluding hydrogens is 362 g/mol. The number of benzene rings is 1. The largest absolute Gasteiger partial charge is 0.491 e. The molecule has 26 heavy (non-hydrogen) atoms. The van der Waals surface area contributed by atoms with Crippen LogP contribution in [0.4, 0.5) is 0 Å². The third kappa shape index (κ3) is 4.83. The average Bonchev–Trinajstić information content (AvgIpc) is 2.58. The van der Waals surface area contributed by atoms with Crippen molar-refractivity contribution in [3.63, 3.8) is 0 Å². The van der Waals surface area contributed by atoms with Crippen LogP contribution < -0.4 is 10.2 Å². The number of esters is 1. The lowest BCUT2D eigenvalue weighted by atomic mass is 10.1. The van der Waals surface area contributed by atoms with Crippen molar-refractivity contribution in [3.8, 4) is 5.75 Å². The third-order valence-corrected chi connectivity index (χ3v) is 4.17. The Kier molecular flexibility index (Phi) is 6.38.